The third kappa shape index (κ3) is 2.94. The van der Waals surface area contributed by atoms with Crippen LogP contribution in [0.15, 0.2) is 12.3 Å². The molecule has 2 aliphatic rings. The van der Waals surface area contributed by atoms with Crippen molar-refractivity contribution in [2.45, 2.75) is 76.9 Å². The Balaban J connectivity index is 1.85. The summed E-state index contributed by atoms with van der Waals surface area (Å²) < 4.78 is 1.84. The van der Waals surface area contributed by atoms with Gasteiger partial charge in [-0.05, 0) is 44.1 Å². The first kappa shape index (κ1) is 17.0. The number of nitrogens with zero attached hydrogens (tertiary/aromatic N) is 3. The average Bonchev–Trinajstić information content (AvgIpc) is 3.20. The van der Waals surface area contributed by atoms with Gasteiger partial charge in [0.1, 0.15) is 11.7 Å². The molecule has 3 unspecified atom stereocenters. The Kier molecular flexibility index (Phi) is 4.92. The number of aromatic nitrogens is 2. The quantitative estimate of drug-likeness (QED) is 0.898. The van der Waals surface area contributed by atoms with Crippen molar-refractivity contribution in [1.29, 1.82) is 0 Å². The van der Waals surface area contributed by atoms with Crippen LogP contribution in [0.2, 0.25) is 0 Å². The van der Waals surface area contributed by atoms with E-state index in [0.29, 0.717) is 18.0 Å². The minimum Gasteiger partial charge on any atom is -0.480 e. The molecule has 1 amide bonds. The number of carboxylic acids is 1. The van der Waals surface area contributed by atoms with Crippen LogP contribution in [0.25, 0.3) is 0 Å². The zero-order valence-electron chi connectivity index (χ0n) is 14.5. The standard InChI is InChI=1S/C18H27N3O3/c1-3-13(4-2)20-10-9-14(19-20)17(22)21-15-8-6-5-7-12(15)11-16(21)18(23)24/h9-10,12-13,15-16H,3-8,11H2,1-2H3,(H,23,24). The highest BCUT2D eigenvalue weighted by molar-refractivity contribution is 5.95. The van der Waals surface area contributed by atoms with Gasteiger partial charge < -0.3 is 10.0 Å². The molecule has 2 heterocycles. The van der Waals surface area contributed by atoms with E-state index in [-0.39, 0.29) is 18.0 Å². The molecule has 0 aromatic carbocycles. The highest BCUT2D eigenvalue weighted by Crippen LogP contribution is 2.40. The summed E-state index contributed by atoms with van der Waals surface area (Å²) in [5, 5.41) is 14.0. The van der Waals surface area contributed by atoms with Crippen LogP contribution in [-0.2, 0) is 4.79 Å². The summed E-state index contributed by atoms with van der Waals surface area (Å²) in [5.41, 5.74) is 0.374. The molecule has 1 N–H and O–H groups in total. The van der Waals surface area contributed by atoms with Gasteiger partial charge in [-0.3, -0.25) is 9.48 Å². The van der Waals surface area contributed by atoms with E-state index in [4.69, 9.17) is 0 Å². The van der Waals surface area contributed by atoms with Crippen LogP contribution in [0, 0.1) is 5.92 Å². The third-order valence-electron chi connectivity index (χ3n) is 5.75. The van der Waals surface area contributed by atoms with E-state index in [9.17, 15) is 14.7 Å². The lowest BCUT2D eigenvalue weighted by atomic mass is 9.84. The number of carboxylic acid groups (broad SMARTS) is 1. The fourth-order valence-electron chi connectivity index (χ4n) is 4.42. The molecular weight excluding hydrogens is 306 g/mol. The van der Waals surface area contributed by atoms with Crippen molar-refractivity contribution >= 4 is 11.9 Å². The maximum Gasteiger partial charge on any atom is 0.326 e. The first-order valence-corrected chi connectivity index (χ1v) is 9.17. The highest BCUT2D eigenvalue weighted by atomic mass is 16.4. The van der Waals surface area contributed by atoms with Crippen molar-refractivity contribution in [3.8, 4) is 0 Å². The maximum atomic E-state index is 13.0. The molecule has 1 saturated heterocycles. The highest BCUT2D eigenvalue weighted by Gasteiger charge is 2.48. The predicted molar refractivity (Wildman–Crippen MR) is 89.8 cm³/mol. The van der Waals surface area contributed by atoms with Crippen molar-refractivity contribution < 1.29 is 14.7 Å². The lowest BCUT2D eigenvalue weighted by Gasteiger charge is -2.32. The maximum absolute atomic E-state index is 13.0. The molecule has 6 heteroatoms. The second kappa shape index (κ2) is 6.95. The number of aliphatic carboxylic acids is 1. The minimum absolute atomic E-state index is 0.0608. The van der Waals surface area contributed by atoms with E-state index < -0.39 is 12.0 Å². The fraction of sp³-hybridized carbons (Fsp3) is 0.722. The van der Waals surface area contributed by atoms with E-state index in [1.165, 1.54) is 0 Å². The number of carbonyl (C=O) groups excluding carboxylic acids is 1. The lowest BCUT2D eigenvalue weighted by molar-refractivity contribution is -0.141. The van der Waals surface area contributed by atoms with E-state index in [1.54, 1.807) is 11.0 Å². The topological polar surface area (TPSA) is 75.4 Å². The molecule has 0 spiro atoms. The van der Waals surface area contributed by atoms with Crippen LogP contribution in [0.5, 0.6) is 0 Å². The number of fused-ring (bicyclic) bond motifs is 1. The zero-order chi connectivity index (χ0) is 17.3. The molecule has 0 radical (unpaired) electrons. The Morgan fingerprint density at radius 3 is 2.67 bits per heavy atom. The number of hydrogen-bond acceptors (Lipinski definition) is 3. The fourth-order valence-corrected chi connectivity index (χ4v) is 4.42. The van der Waals surface area contributed by atoms with E-state index >= 15 is 0 Å². The molecule has 6 nitrogen and oxygen atoms in total. The predicted octanol–water partition coefficient (Wildman–Crippen LogP) is 3.10. The zero-order valence-corrected chi connectivity index (χ0v) is 14.5. The SMILES string of the molecule is CCC(CC)n1ccc(C(=O)N2C(C(=O)O)CC3CCCCC32)n1. The third-order valence-corrected chi connectivity index (χ3v) is 5.75. The van der Waals surface area contributed by atoms with Gasteiger partial charge in [0.25, 0.3) is 5.91 Å². The van der Waals surface area contributed by atoms with Crippen LogP contribution in [0.1, 0.15) is 75.3 Å². The molecule has 1 aromatic heterocycles. The molecule has 132 valence electrons. The summed E-state index contributed by atoms with van der Waals surface area (Å²) in [6.07, 6.45) is 8.48. The van der Waals surface area contributed by atoms with E-state index in [2.05, 4.69) is 18.9 Å². The van der Waals surface area contributed by atoms with Crippen molar-refractivity contribution in [1.82, 2.24) is 14.7 Å². The van der Waals surface area contributed by atoms with Gasteiger partial charge >= 0.3 is 5.97 Å². The molecular formula is C18H27N3O3. The molecule has 1 saturated carbocycles. The van der Waals surface area contributed by atoms with Crippen molar-refractivity contribution in [2.75, 3.05) is 0 Å². The minimum atomic E-state index is -0.892. The summed E-state index contributed by atoms with van der Waals surface area (Å²) >= 11 is 0. The van der Waals surface area contributed by atoms with Gasteiger partial charge in [0.05, 0.1) is 6.04 Å². The van der Waals surface area contributed by atoms with Crippen LogP contribution >= 0.6 is 0 Å². The van der Waals surface area contributed by atoms with Crippen molar-refractivity contribution in [3.05, 3.63) is 18.0 Å². The molecule has 3 atom stereocenters. The molecule has 1 aromatic rings. The Morgan fingerprint density at radius 1 is 1.29 bits per heavy atom. The van der Waals surface area contributed by atoms with Crippen LogP contribution in [0.4, 0.5) is 0 Å². The second-order valence-electron chi connectivity index (χ2n) is 7.07. The summed E-state index contributed by atoms with van der Waals surface area (Å²) in [7, 11) is 0. The number of hydrogen-bond donors (Lipinski definition) is 1. The first-order valence-electron chi connectivity index (χ1n) is 9.17. The smallest absolute Gasteiger partial charge is 0.326 e. The number of amides is 1. The van der Waals surface area contributed by atoms with Gasteiger partial charge in [0.15, 0.2) is 0 Å². The Labute approximate surface area is 142 Å². The van der Waals surface area contributed by atoms with Gasteiger partial charge in [0.2, 0.25) is 0 Å². The second-order valence-corrected chi connectivity index (χ2v) is 7.07. The van der Waals surface area contributed by atoms with E-state index in [0.717, 1.165) is 38.5 Å². The molecule has 1 aliphatic carbocycles. The van der Waals surface area contributed by atoms with Gasteiger partial charge in [-0.25, -0.2) is 4.79 Å². The van der Waals surface area contributed by atoms with Crippen molar-refractivity contribution in [3.63, 3.8) is 0 Å². The van der Waals surface area contributed by atoms with Gasteiger partial charge in [-0.2, -0.15) is 5.10 Å². The molecule has 2 fully saturated rings. The Bertz CT molecular complexity index is 608. The summed E-state index contributed by atoms with van der Waals surface area (Å²) in [6, 6.07) is 1.37. The largest absolute Gasteiger partial charge is 0.480 e. The molecule has 3 rings (SSSR count). The van der Waals surface area contributed by atoms with Crippen LogP contribution in [-0.4, -0.2) is 43.7 Å². The van der Waals surface area contributed by atoms with Gasteiger partial charge in [0, 0.05) is 12.2 Å². The number of carbonyl (C=O) groups is 2. The first-order chi connectivity index (χ1) is 11.6. The van der Waals surface area contributed by atoms with Crippen LogP contribution in [0.3, 0.4) is 0 Å². The monoisotopic (exact) mass is 333 g/mol. The van der Waals surface area contributed by atoms with Gasteiger partial charge in [-0.1, -0.05) is 26.7 Å². The number of rotatable bonds is 5. The lowest BCUT2D eigenvalue weighted by Crippen LogP contribution is -2.46. The van der Waals surface area contributed by atoms with Gasteiger partial charge in [-0.15, -0.1) is 0 Å². The normalized spacial score (nSPS) is 26.6. The molecule has 24 heavy (non-hydrogen) atoms. The Hall–Kier alpha value is -1.85. The summed E-state index contributed by atoms with van der Waals surface area (Å²) in [5.74, 6) is -0.788. The van der Waals surface area contributed by atoms with E-state index in [1.807, 2.05) is 10.9 Å². The summed E-state index contributed by atoms with van der Waals surface area (Å²) in [6.45, 7) is 4.20. The Morgan fingerprint density at radius 2 is 2.00 bits per heavy atom. The summed E-state index contributed by atoms with van der Waals surface area (Å²) in [4.78, 5) is 26.3. The average molecular weight is 333 g/mol. The number of likely N-dealkylation sites (tertiary alicyclic amines) is 1. The molecule has 1 aliphatic heterocycles. The molecule has 0 bridgehead atoms. The van der Waals surface area contributed by atoms with Crippen LogP contribution < -0.4 is 0 Å². The van der Waals surface area contributed by atoms with Crippen molar-refractivity contribution in [2.24, 2.45) is 5.92 Å².